The lowest BCUT2D eigenvalue weighted by molar-refractivity contribution is -0.0211. The first-order chi connectivity index (χ1) is 12.7. The highest BCUT2D eigenvalue weighted by molar-refractivity contribution is 5.95. The Morgan fingerprint density at radius 1 is 1.12 bits per heavy atom. The molecular formula is C21H27N3O2. The second kappa shape index (κ2) is 7.23. The van der Waals surface area contributed by atoms with Crippen molar-refractivity contribution in [3.63, 3.8) is 0 Å². The maximum absolute atomic E-state index is 13.1. The number of H-pyrrole nitrogens is 1. The Hall–Kier alpha value is -2.14. The van der Waals surface area contributed by atoms with Crippen LogP contribution in [0, 0.1) is 0 Å². The molecule has 4 rings (SSSR count). The number of aliphatic hydroxyl groups is 1. The number of nitrogens with one attached hydrogen (secondary N) is 1. The molecule has 1 saturated heterocycles. The third kappa shape index (κ3) is 3.28. The topological polar surface area (TPSA) is 69.2 Å². The van der Waals surface area contributed by atoms with Gasteiger partial charge < -0.3 is 10.0 Å². The van der Waals surface area contributed by atoms with E-state index in [1.165, 1.54) is 19.3 Å². The van der Waals surface area contributed by atoms with Crippen LogP contribution >= 0.6 is 0 Å². The van der Waals surface area contributed by atoms with Crippen molar-refractivity contribution < 1.29 is 9.90 Å². The molecule has 2 aromatic rings. The largest absolute Gasteiger partial charge is 0.385 e. The minimum absolute atomic E-state index is 0.0504. The highest BCUT2D eigenvalue weighted by atomic mass is 16.3. The van der Waals surface area contributed by atoms with E-state index < -0.39 is 5.60 Å². The van der Waals surface area contributed by atoms with Crippen molar-refractivity contribution in [2.75, 3.05) is 13.1 Å². The van der Waals surface area contributed by atoms with Crippen LogP contribution in [0.25, 0.3) is 0 Å². The normalized spacial score (nSPS) is 20.9. The van der Waals surface area contributed by atoms with Crippen molar-refractivity contribution in [2.24, 2.45) is 0 Å². The fraction of sp³-hybridized carbons (Fsp3) is 0.524. The van der Waals surface area contributed by atoms with E-state index in [1.807, 2.05) is 35.2 Å². The van der Waals surface area contributed by atoms with Crippen LogP contribution in [0.15, 0.2) is 36.5 Å². The van der Waals surface area contributed by atoms with Crippen LogP contribution in [0.3, 0.4) is 0 Å². The zero-order chi connectivity index (χ0) is 18.0. The summed E-state index contributed by atoms with van der Waals surface area (Å²) in [5.74, 6) is 0.477. The van der Waals surface area contributed by atoms with Crippen molar-refractivity contribution in [1.82, 2.24) is 15.1 Å². The maximum Gasteiger partial charge on any atom is 0.257 e. The van der Waals surface area contributed by atoms with Crippen molar-refractivity contribution in [2.45, 2.75) is 56.5 Å². The van der Waals surface area contributed by atoms with Gasteiger partial charge in [-0.1, -0.05) is 49.6 Å². The first-order valence-corrected chi connectivity index (χ1v) is 9.78. The van der Waals surface area contributed by atoms with Gasteiger partial charge in [-0.3, -0.25) is 9.89 Å². The molecule has 1 aliphatic carbocycles. The number of benzene rings is 1. The van der Waals surface area contributed by atoms with E-state index >= 15 is 0 Å². The third-order valence-corrected chi connectivity index (χ3v) is 6.10. The van der Waals surface area contributed by atoms with Crippen LogP contribution in [-0.4, -0.2) is 39.2 Å². The first-order valence-electron chi connectivity index (χ1n) is 9.78. The standard InChI is InChI=1S/C21H27N3O2/c25-20(18-15-22-23-19(18)16-7-3-1-4-8-16)24-13-11-21(26,12-14-24)17-9-5-2-6-10-17/h2,5-6,9-10,15-16,26H,1,3-4,7-8,11-14H2,(H,22,23). The average Bonchev–Trinajstić information content (AvgIpc) is 3.19. The number of aromatic amines is 1. The number of nitrogens with zero attached hydrogens (tertiary/aromatic N) is 2. The minimum Gasteiger partial charge on any atom is -0.385 e. The number of hydrogen-bond acceptors (Lipinski definition) is 3. The van der Waals surface area contributed by atoms with Gasteiger partial charge in [-0.05, 0) is 31.2 Å². The highest BCUT2D eigenvalue weighted by Crippen LogP contribution is 2.35. The zero-order valence-electron chi connectivity index (χ0n) is 15.2. The predicted molar refractivity (Wildman–Crippen MR) is 99.9 cm³/mol. The Balaban J connectivity index is 1.45. The van der Waals surface area contributed by atoms with E-state index in [0.717, 1.165) is 29.7 Å². The zero-order valence-corrected chi connectivity index (χ0v) is 15.2. The molecule has 1 amide bonds. The molecule has 2 N–H and O–H groups in total. The summed E-state index contributed by atoms with van der Waals surface area (Å²) in [5.41, 5.74) is 1.85. The van der Waals surface area contributed by atoms with Gasteiger partial charge in [0.2, 0.25) is 0 Å². The van der Waals surface area contributed by atoms with Crippen molar-refractivity contribution >= 4 is 5.91 Å². The summed E-state index contributed by atoms with van der Waals surface area (Å²) >= 11 is 0. The van der Waals surface area contributed by atoms with E-state index in [0.29, 0.717) is 31.8 Å². The molecule has 5 heteroatoms. The minimum atomic E-state index is -0.833. The number of amides is 1. The third-order valence-electron chi connectivity index (χ3n) is 6.10. The number of piperidine rings is 1. The van der Waals surface area contributed by atoms with E-state index in [9.17, 15) is 9.90 Å². The van der Waals surface area contributed by atoms with Gasteiger partial charge in [-0.25, -0.2) is 0 Å². The van der Waals surface area contributed by atoms with Crippen molar-refractivity contribution in [1.29, 1.82) is 0 Å². The first kappa shape index (κ1) is 17.3. The molecule has 0 atom stereocenters. The summed E-state index contributed by atoms with van der Waals surface area (Å²) in [6.45, 7) is 1.14. The Morgan fingerprint density at radius 3 is 2.50 bits per heavy atom. The molecule has 0 spiro atoms. The van der Waals surface area contributed by atoms with Gasteiger partial charge in [0.1, 0.15) is 0 Å². The summed E-state index contributed by atoms with van der Waals surface area (Å²) in [4.78, 5) is 14.9. The SMILES string of the molecule is O=C(c1cn[nH]c1C1CCCCC1)N1CCC(O)(c2ccccc2)CC1. The lowest BCUT2D eigenvalue weighted by atomic mass is 9.83. The molecule has 0 unspecified atom stereocenters. The molecule has 1 aromatic carbocycles. The Morgan fingerprint density at radius 2 is 1.81 bits per heavy atom. The quantitative estimate of drug-likeness (QED) is 0.886. The van der Waals surface area contributed by atoms with E-state index in [4.69, 9.17) is 0 Å². The van der Waals surface area contributed by atoms with Gasteiger partial charge in [0.15, 0.2) is 0 Å². The Kier molecular flexibility index (Phi) is 4.81. The monoisotopic (exact) mass is 353 g/mol. The number of rotatable bonds is 3. The molecule has 2 heterocycles. The van der Waals surface area contributed by atoms with E-state index in [-0.39, 0.29) is 5.91 Å². The fourth-order valence-electron chi connectivity index (χ4n) is 4.46. The lowest BCUT2D eigenvalue weighted by Crippen LogP contribution is -2.45. The fourth-order valence-corrected chi connectivity index (χ4v) is 4.46. The lowest BCUT2D eigenvalue weighted by Gasteiger charge is -2.38. The number of aromatic nitrogens is 2. The van der Waals surface area contributed by atoms with Crippen LogP contribution in [0.1, 0.15) is 72.5 Å². The second-order valence-electron chi connectivity index (χ2n) is 7.72. The van der Waals surface area contributed by atoms with Crippen molar-refractivity contribution in [3.05, 3.63) is 53.3 Å². The molecule has 0 radical (unpaired) electrons. The van der Waals surface area contributed by atoms with Gasteiger partial charge in [0, 0.05) is 19.0 Å². The highest BCUT2D eigenvalue weighted by Gasteiger charge is 2.36. The Labute approximate surface area is 154 Å². The summed E-state index contributed by atoms with van der Waals surface area (Å²) in [6, 6.07) is 9.79. The Bertz CT molecular complexity index is 742. The van der Waals surface area contributed by atoms with E-state index in [1.54, 1.807) is 6.20 Å². The molecule has 2 aliphatic rings. The van der Waals surface area contributed by atoms with E-state index in [2.05, 4.69) is 10.2 Å². The van der Waals surface area contributed by atoms with Crippen LogP contribution < -0.4 is 0 Å². The van der Waals surface area contributed by atoms with Crippen LogP contribution in [0.2, 0.25) is 0 Å². The second-order valence-corrected chi connectivity index (χ2v) is 7.72. The molecule has 1 saturated carbocycles. The average molecular weight is 353 g/mol. The number of carbonyl (C=O) groups is 1. The summed E-state index contributed by atoms with van der Waals surface area (Å²) in [7, 11) is 0. The predicted octanol–water partition coefficient (Wildman–Crippen LogP) is 3.58. The van der Waals surface area contributed by atoms with Gasteiger partial charge >= 0.3 is 0 Å². The summed E-state index contributed by atoms with van der Waals surface area (Å²) < 4.78 is 0. The molecular weight excluding hydrogens is 326 g/mol. The van der Waals surface area contributed by atoms with Gasteiger partial charge in [-0.15, -0.1) is 0 Å². The maximum atomic E-state index is 13.1. The summed E-state index contributed by atoms with van der Waals surface area (Å²) in [6.07, 6.45) is 8.84. The van der Waals surface area contributed by atoms with Crippen LogP contribution in [0.5, 0.6) is 0 Å². The number of likely N-dealkylation sites (tertiary alicyclic amines) is 1. The molecule has 1 aliphatic heterocycles. The number of carbonyl (C=O) groups excluding carboxylic acids is 1. The van der Waals surface area contributed by atoms with Gasteiger partial charge in [0.25, 0.3) is 5.91 Å². The molecule has 1 aromatic heterocycles. The van der Waals surface area contributed by atoms with Crippen LogP contribution in [-0.2, 0) is 5.60 Å². The molecule has 5 nitrogen and oxygen atoms in total. The van der Waals surface area contributed by atoms with Gasteiger partial charge in [-0.2, -0.15) is 5.10 Å². The van der Waals surface area contributed by atoms with Crippen molar-refractivity contribution in [3.8, 4) is 0 Å². The summed E-state index contributed by atoms with van der Waals surface area (Å²) in [5, 5.41) is 18.2. The molecule has 26 heavy (non-hydrogen) atoms. The van der Waals surface area contributed by atoms with Gasteiger partial charge in [0.05, 0.1) is 23.1 Å². The molecule has 0 bridgehead atoms. The molecule has 138 valence electrons. The molecule has 2 fully saturated rings. The number of hydrogen-bond donors (Lipinski definition) is 2. The smallest absolute Gasteiger partial charge is 0.257 e. The van der Waals surface area contributed by atoms with Crippen LogP contribution in [0.4, 0.5) is 0 Å².